The van der Waals surface area contributed by atoms with Crippen molar-refractivity contribution in [2.75, 3.05) is 12.4 Å². The summed E-state index contributed by atoms with van der Waals surface area (Å²) in [6, 6.07) is 17.2. The third-order valence-electron chi connectivity index (χ3n) is 4.40. The van der Waals surface area contributed by atoms with Gasteiger partial charge in [0.1, 0.15) is 10.6 Å². The molecule has 0 saturated heterocycles. The zero-order valence-corrected chi connectivity index (χ0v) is 16.5. The van der Waals surface area contributed by atoms with Crippen molar-refractivity contribution < 1.29 is 22.7 Å². The van der Waals surface area contributed by atoms with Crippen molar-refractivity contribution in [3.05, 3.63) is 66.2 Å². The van der Waals surface area contributed by atoms with E-state index in [0.717, 1.165) is 10.8 Å². The smallest absolute Gasteiger partial charge is 0.241 e. The van der Waals surface area contributed by atoms with Crippen LogP contribution in [0.25, 0.3) is 10.8 Å². The van der Waals surface area contributed by atoms with Crippen molar-refractivity contribution in [3.63, 3.8) is 0 Å². The topological polar surface area (TPSA) is 116 Å². The van der Waals surface area contributed by atoms with Crippen LogP contribution >= 0.6 is 0 Å². The van der Waals surface area contributed by atoms with E-state index < -0.39 is 15.9 Å². The highest BCUT2D eigenvalue weighted by atomic mass is 32.2. The first-order valence-electron chi connectivity index (χ1n) is 8.80. The molecule has 3 rings (SSSR count). The average molecular weight is 412 g/mol. The lowest BCUT2D eigenvalue weighted by Gasteiger charge is -2.10. The van der Waals surface area contributed by atoms with E-state index >= 15 is 0 Å². The Balaban J connectivity index is 1.65. The van der Waals surface area contributed by atoms with Gasteiger partial charge < -0.3 is 10.1 Å². The van der Waals surface area contributed by atoms with E-state index in [1.54, 1.807) is 12.1 Å². The first-order valence-corrected chi connectivity index (χ1v) is 10.4. The quantitative estimate of drug-likeness (QED) is 0.579. The minimum atomic E-state index is -4.01. The maximum atomic E-state index is 12.4. The number of primary sulfonamides is 1. The molecule has 0 aliphatic heterocycles. The van der Waals surface area contributed by atoms with Crippen LogP contribution < -0.4 is 15.2 Å². The molecule has 0 spiro atoms. The number of amides is 1. The number of nitrogens with one attached hydrogen (secondary N) is 1. The van der Waals surface area contributed by atoms with E-state index in [9.17, 15) is 18.0 Å². The van der Waals surface area contributed by atoms with E-state index in [1.165, 1.54) is 25.3 Å². The van der Waals surface area contributed by atoms with Crippen molar-refractivity contribution in [1.82, 2.24) is 0 Å². The van der Waals surface area contributed by atoms with Gasteiger partial charge in [-0.25, -0.2) is 13.6 Å². The predicted octanol–water partition coefficient (Wildman–Crippen LogP) is 3.10. The molecule has 3 N–H and O–H groups in total. The number of nitrogens with two attached hydrogens (primary N) is 1. The second-order valence-corrected chi connectivity index (χ2v) is 7.97. The lowest BCUT2D eigenvalue weighted by molar-refractivity contribution is -0.116. The Labute approximate surface area is 168 Å². The normalized spacial score (nSPS) is 11.2. The zero-order chi connectivity index (χ0) is 21.0. The van der Waals surface area contributed by atoms with Gasteiger partial charge in [-0.15, -0.1) is 0 Å². The number of Topliss-reactive ketones (excluding diaryl/α,β-unsaturated/α-hetero) is 1. The number of carbonyl (C=O) groups excluding carboxylic acids is 2. The molecule has 8 heteroatoms. The summed E-state index contributed by atoms with van der Waals surface area (Å²) in [5.41, 5.74) is 0.787. The summed E-state index contributed by atoms with van der Waals surface area (Å²) in [6.07, 6.45) is -0.00916. The molecule has 0 unspecified atom stereocenters. The highest BCUT2D eigenvalue weighted by Crippen LogP contribution is 2.26. The van der Waals surface area contributed by atoms with E-state index in [2.05, 4.69) is 5.32 Å². The second-order valence-electron chi connectivity index (χ2n) is 6.44. The molecule has 0 aliphatic rings. The Hall–Kier alpha value is -3.23. The molecule has 0 radical (unpaired) electrons. The van der Waals surface area contributed by atoms with Crippen molar-refractivity contribution in [2.45, 2.75) is 17.7 Å². The number of anilines is 1. The number of carbonyl (C=O) groups is 2. The molecule has 0 aliphatic carbocycles. The summed E-state index contributed by atoms with van der Waals surface area (Å²) in [7, 11) is -2.69. The summed E-state index contributed by atoms with van der Waals surface area (Å²) in [6.45, 7) is 0. The van der Waals surface area contributed by atoms with Crippen LogP contribution in [0, 0.1) is 0 Å². The maximum Gasteiger partial charge on any atom is 0.241 e. The van der Waals surface area contributed by atoms with Gasteiger partial charge in [-0.3, -0.25) is 9.59 Å². The average Bonchev–Trinajstić information content (AvgIpc) is 2.71. The fraction of sp³-hybridized carbons (Fsp3) is 0.143. The molecule has 29 heavy (non-hydrogen) atoms. The molecule has 150 valence electrons. The minimum Gasteiger partial charge on any atom is -0.495 e. The third kappa shape index (κ3) is 4.98. The van der Waals surface area contributed by atoms with E-state index in [-0.39, 0.29) is 35.0 Å². The van der Waals surface area contributed by atoms with Crippen molar-refractivity contribution in [1.29, 1.82) is 0 Å². The number of rotatable bonds is 7. The Bertz CT molecular complexity index is 1190. The Morgan fingerprint density at radius 1 is 0.966 bits per heavy atom. The lowest BCUT2D eigenvalue weighted by atomic mass is 10.0. The SMILES string of the molecule is COc1ccc(NC(=O)CCC(=O)c2ccc3ccccc3c2)cc1S(N)(=O)=O. The fourth-order valence-corrected chi connectivity index (χ4v) is 3.66. The fourth-order valence-electron chi connectivity index (χ4n) is 2.93. The van der Waals surface area contributed by atoms with Gasteiger partial charge in [0, 0.05) is 24.1 Å². The Morgan fingerprint density at radius 3 is 2.38 bits per heavy atom. The van der Waals surface area contributed by atoms with Crippen molar-refractivity contribution >= 4 is 38.2 Å². The zero-order valence-electron chi connectivity index (χ0n) is 15.7. The van der Waals surface area contributed by atoms with Gasteiger partial charge in [0.2, 0.25) is 15.9 Å². The summed E-state index contributed by atoms with van der Waals surface area (Å²) in [4.78, 5) is 24.4. The summed E-state index contributed by atoms with van der Waals surface area (Å²) < 4.78 is 28.3. The third-order valence-corrected chi connectivity index (χ3v) is 5.34. The minimum absolute atomic E-state index is 0.0301. The molecule has 0 atom stereocenters. The number of benzene rings is 3. The van der Waals surface area contributed by atoms with Gasteiger partial charge in [0.25, 0.3) is 0 Å². The Kier molecular flexibility index (Phi) is 5.95. The van der Waals surface area contributed by atoms with Crippen LogP contribution in [0.4, 0.5) is 5.69 Å². The molecule has 0 aromatic heterocycles. The number of hydrogen-bond donors (Lipinski definition) is 2. The molecule has 0 bridgehead atoms. The highest BCUT2D eigenvalue weighted by Gasteiger charge is 2.17. The highest BCUT2D eigenvalue weighted by molar-refractivity contribution is 7.89. The van der Waals surface area contributed by atoms with Gasteiger partial charge in [-0.05, 0) is 35.0 Å². The number of hydrogen-bond acceptors (Lipinski definition) is 5. The first kappa shape index (κ1) is 20.5. The Morgan fingerprint density at radius 2 is 1.69 bits per heavy atom. The van der Waals surface area contributed by atoms with Crippen LogP contribution in [-0.4, -0.2) is 27.2 Å². The molecule has 3 aromatic carbocycles. The standard InChI is InChI=1S/C21H20N2O5S/c1-28-19-10-8-17(13-20(19)29(22,26)27)23-21(25)11-9-18(24)16-7-6-14-4-2-3-5-15(14)12-16/h2-8,10,12-13H,9,11H2,1H3,(H,23,25)(H2,22,26,27). The van der Waals surface area contributed by atoms with Crippen LogP contribution in [-0.2, 0) is 14.8 Å². The van der Waals surface area contributed by atoms with Crippen LogP contribution in [0.2, 0.25) is 0 Å². The largest absolute Gasteiger partial charge is 0.495 e. The van der Waals surface area contributed by atoms with Crippen molar-refractivity contribution in [3.8, 4) is 5.75 Å². The van der Waals surface area contributed by atoms with Gasteiger partial charge in [-0.2, -0.15) is 0 Å². The number of ketones is 1. The lowest BCUT2D eigenvalue weighted by Crippen LogP contribution is -2.16. The van der Waals surface area contributed by atoms with E-state index in [4.69, 9.17) is 9.88 Å². The maximum absolute atomic E-state index is 12.4. The van der Waals surface area contributed by atoms with Gasteiger partial charge >= 0.3 is 0 Å². The van der Waals surface area contributed by atoms with Crippen LogP contribution in [0.5, 0.6) is 5.75 Å². The predicted molar refractivity (Wildman–Crippen MR) is 111 cm³/mol. The number of ether oxygens (including phenoxy) is 1. The number of fused-ring (bicyclic) bond motifs is 1. The van der Waals surface area contributed by atoms with Crippen LogP contribution in [0.1, 0.15) is 23.2 Å². The second kappa shape index (κ2) is 8.42. The molecular formula is C21H20N2O5S. The van der Waals surface area contributed by atoms with Gasteiger partial charge in [0.05, 0.1) is 7.11 Å². The number of methoxy groups -OCH3 is 1. The van der Waals surface area contributed by atoms with Crippen LogP contribution in [0.15, 0.2) is 65.6 Å². The van der Waals surface area contributed by atoms with E-state index in [0.29, 0.717) is 5.56 Å². The monoisotopic (exact) mass is 412 g/mol. The number of sulfonamides is 1. The van der Waals surface area contributed by atoms with Crippen LogP contribution in [0.3, 0.4) is 0 Å². The first-order chi connectivity index (χ1) is 13.8. The van der Waals surface area contributed by atoms with E-state index in [1.807, 2.05) is 30.3 Å². The molecule has 0 saturated carbocycles. The summed E-state index contributed by atoms with van der Waals surface area (Å²) >= 11 is 0. The summed E-state index contributed by atoms with van der Waals surface area (Å²) in [5, 5.41) is 9.73. The molecular weight excluding hydrogens is 392 g/mol. The molecule has 0 heterocycles. The molecule has 0 fully saturated rings. The van der Waals surface area contributed by atoms with Gasteiger partial charge in [0.15, 0.2) is 5.78 Å². The summed E-state index contributed by atoms with van der Waals surface area (Å²) in [5.74, 6) is -0.479. The molecule has 3 aromatic rings. The molecule has 1 amide bonds. The van der Waals surface area contributed by atoms with Gasteiger partial charge in [-0.1, -0.05) is 36.4 Å². The van der Waals surface area contributed by atoms with Crippen molar-refractivity contribution in [2.24, 2.45) is 5.14 Å². The molecule has 7 nitrogen and oxygen atoms in total.